The van der Waals surface area contributed by atoms with Gasteiger partial charge in [-0.3, -0.25) is 4.79 Å². The van der Waals surface area contributed by atoms with Gasteiger partial charge in [-0.2, -0.15) is 0 Å². The predicted molar refractivity (Wildman–Crippen MR) is 82.7 cm³/mol. The summed E-state index contributed by atoms with van der Waals surface area (Å²) in [5, 5.41) is 0. The molecule has 0 saturated heterocycles. The van der Waals surface area contributed by atoms with Crippen LogP contribution in [-0.4, -0.2) is 19.0 Å². The lowest BCUT2D eigenvalue weighted by Crippen LogP contribution is -2.15. The quantitative estimate of drug-likeness (QED) is 0.712. The number of carbonyl (C=O) groups excluding carboxylic acids is 1. The molecule has 0 aromatic heterocycles. The maximum atomic E-state index is 12.5. The molecule has 2 aromatic carbocycles. The van der Waals surface area contributed by atoms with Crippen molar-refractivity contribution in [3.63, 3.8) is 0 Å². The Morgan fingerprint density at radius 3 is 2.20 bits per heavy atom. The van der Waals surface area contributed by atoms with Crippen molar-refractivity contribution in [3.8, 4) is 11.5 Å². The van der Waals surface area contributed by atoms with E-state index in [1.165, 1.54) is 0 Å². The minimum atomic E-state index is -0.0519. The van der Waals surface area contributed by atoms with Gasteiger partial charge < -0.3 is 9.47 Å². The molecule has 0 bridgehead atoms. The average Bonchev–Trinajstić information content (AvgIpc) is 2.45. The van der Waals surface area contributed by atoms with Gasteiger partial charge in [0.15, 0.2) is 17.3 Å². The first-order valence-corrected chi connectivity index (χ1v) is 7.62. The van der Waals surface area contributed by atoms with Gasteiger partial charge in [-0.15, -0.1) is 0 Å². The molecule has 1 aliphatic rings. The van der Waals surface area contributed by atoms with Crippen LogP contribution in [0.3, 0.4) is 0 Å². The lowest BCUT2D eigenvalue weighted by Gasteiger charge is -2.18. The van der Waals surface area contributed by atoms with Gasteiger partial charge in [0.1, 0.15) is 13.2 Å². The standard InChI is InChI=1S/C15H10Br2O3/c16-11-5-10(6-12(17)8-11)15(18)9-1-2-13-14(7-9)20-4-3-19-13/h1-2,5-8H,3-4H2. The molecular formula is C15H10Br2O3. The molecule has 0 saturated carbocycles. The van der Waals surface area contributed by atoms with Crippen LogP contribution in [0.4, 0.5) is 0 Å². The largest absolute Gasteiger partial charge is 0.486 e. The molecule has 0 atom stereocenters. The van der Waals surface area contributed by atoms with Crippen LogP contribution in [0.5, 0.6) is 11.5 Å². The highest BCUT2D eigenvalue weighted by atomic mass is 79.9. The molecule has 0 spiro atoms. The van der Waals surface area contributed by atoms with Crippen molar-refractivity contribution < 1.29 is 14.3 Å². The Morgan fingerprint density at radius 2 is 1.50 bits per heavy atom. The van der Waals surface area contributed by atoms with E-state index in [0.29, 0.717) is 35.8 Å². The van der Waals surface area contributed by atoms with Gasteiger partial charge in [-0.25, -0.2) is 0 Å². The van der Waals surface area contributed by atoms with Crippen LogP contribution in [0.15, 0.2) is 45.3 Å². The Bertz CT molecular complexity index is 663. The molecule has 0 fully saturated rings. The SMILES string of the molecule is O=C(c1cc(Br)cc(Br)c1)c1ccc2c(c1)OCCO2. The van der Waals surface area contributed by atoms with Gasteiger partial charge in [0, 0.05) is 20.1 Å². The van der Waals surface area contributed by atoms with Crippen molar-refractivity contribution in [2.75, 3.05) is 13.2 Å². The van der Waals surface area contributed by atoms with Crippen molar-refractivity contribution in [2.24, 2.45) is 0 Å². The van der Waals surface area contributed by atoms with E-state index in [-0.39, 0.29) is 5.78 Å². The number of halogens is 2. The Kier molecular flexibility index (Phi) is 3.81. The normalized spacial score (nSPS) is 13.1. The second kappa shape index (κ2) is 5.58. The minimum absolute atomic E-state index is 0.0519. The smallest absolute Gasteiger partial charge is 0.193 e. The van der Waals surface area contributed by atoms with Crippen molar-refractivity contribution in [2.45, 2.75) is 0 Å². The van der Waals surface area contributed by atoms with E-state index in [1.54, 1.807) is 30.3 Å². The van der Waals surface area contributed by atoms with E-state index in [9.17, 15) is 4.79 Å². The molecule has 0 N–H and O–H groups in total. The number of ether oxygens (including phenoxy) is 2. The van der Waals surface area contributed by atoms with Gasteiger partial charge >= 0.3 is 0 Å². The predicted octanol–water partition coefficient (Wildman–Crippen LogP) is 4.21. The first-order chi connectivity index (χ1) is 9.63. The van der Waals surface area contributed by atoms with E-state index < -0.39 is 0 Å². The third kappa shape index (κ3) is 2.74. The highest BCUT2D eigenvalue weighted by Gasteiger charge is 2.16. The number of hydrogen-bond donors (Lipinski definition) is 0. The highest BCUT2D eigenvalue weighted by molar-refractivity contribution is 9.11. The first-order valence-electron chi connectivity index (χ1n) is 6.04. The van der Waals surface area contributed by atoms with Gasteiger partial charge in [0.05, 0.1) is 0 Å². The molecule has 1 heterocycles. The lowest BCUT2D eigenvalue weighted by atomic mass is 10.0. The monoisotopic (exact) mass is 396 g/mol. The molecule has 102 valence electrons. The van der Waals surface area contributed by atoms with Crippen molar-refractivity contribution in [1.82, 2.24) is 0 Å². The number of fused-ring (bicyclic) bond motifs is 1. The number of ketones is 1. The summed E-state index contributed by atoms with van der Waals surface area (Å²) in [5.74, 6) is 1.25. The van der Waals surface area contributed by atoms with Crippen molar-refractivity contribution >= 4 is 37.6 Å². The Hall–Kier alpha value is -1.33. The van der Waals surface area contributed by atoms with Gasteiger partial charge in [0.25, 0.3) is 0 Å². The molecule has 5 heteroatoms. The highest BCUT2D eigenvalue weighted by Crippen LogP contribution is 2.32. The van der Waals surface area contributed by atoms with Crippen LogP contribution in [0.25, 0.3) is 0 Å². The van der Waals surface area contributed by atoms with Crippen LogP contribution in [-0.2, 0) is 0 Å². The van der Waals surface area contributed by atoms with Gasteiger partial charge in [-0.1, -0.05) is 31.9 Å². The second-order valence-electron chi connectivity index (χ2n) is 4.35. The summed E-state index contributed by atoms with van der Waals surface area (Å²) in [6.07, 6.45) is 0. The summed E-state index contributed by atoms with van der Waals surface area (Å²) in [6.45, 7) is 1.05. The third-order valence-corrected chi connectivity index (χ3v) is 3.84. The number of carbonyl (C=O) groups is 1. The second-order valence-corrected chi connectivity index (χ2v) is 6.18. The van der Waals surface area contributed by atoms with E-state index >= 15 is 0 Å². The Labute approximate surface area is 133 Å². The van der Waals surface area contributed by atoms with Crippen LogP contribution < -0.4 is 9.47 Å². The molecule has 1 aliphatic heterocycles. The summed E-state index contributed by atoms with van der Waals surface area (Å²) in [6, 6.07) is 10.7. The lowest BCUT2D eigenvalue weighted by molar-refractivity contribution is 0.103. The summed E-state index contributed by atoms with van der Waals surface area (Å²) in [7, 11) is 0. The zero-order chi connectivity index (χ0) is 14.1. The molecule has 2 aromatic rings. The maximum Gasteiger partial charge on any atom is 0.193 e. The topological polar surface area (TPSA) is 35.5 Å². The summed E-state index contributed by atoms with van der Waals surface area (Å²) >= 11 is 6.77. The minimum Gasteiger partial charge on any atom is -0.486 e. The van der Waals surface area contributed by atoms with E-state index in [1.807, 2.05) is 6.07 Å². The Balaban J connectivity index is 1.97. The summed E-state index contributed by atoms with van der Waals surface area (Å²) in [4.78, 5) is 12.5. The molecular weight excluding hydrogens is 388 g/mol. The zero-order valence-corrected chi connectivity index (χ0v) is 13.5. The fourth-order valence-corrected chi connectivity index (χ4v) is 3.33. The fourth-order valence-electron chi connectivity index (χ4n) is 2.04. The van der Waals surface area contributed by atoms with E-state index in [4.69, 9.17) is 9.47 Å². The molecule has 3 nitrogen and oxygen atoms in total. The zero-order valence-electron chi connectivity index (χ0n) is 10.4. The van der Waals surface area contributed by atoms with Crippen LogP contribution >= 0.6 is 31.9 Å². The number of benzene rings is 2. The number of hydrogen-bond acceptors (Lipinski definition) is 3. The van der Waals surface area contributed by atoms with Gasteiger partial charge in [0.2, 0.25) is 0 Å². The van der Waals surface area contributed by atoms with E-state index in [0.717, 1.165) is 8.95 Å². The van der Waals surface area contributed by atoms with Crippen LogP contribution in [0.1, 0.15) is 15.9 Å². The summed E-state index contributed by atoms with van der Waals surface area (Å²) < 4.78 is 12.7. The fraction of sp³-hybridized carbons (Fsp3) is 0.133. The molecule has 3 rings (SSSR count). The number of rotatable bonds is 2. The molecule has 20 heavy (non-hydrogen) atoms. The average molecular weight is 398 g/mol. The third-order valence-electron chi connectivity index (χ3n) is 2.93. The first kappa shape index (κ1) is 13.6. The van der Waals surface area contributed by atoms with Crippen molar-refractivity contribution in [1.29, 1.82) is 0 Å². The summed E-state index contributed by atoms with van der Waals surface area (Å²) in [5.41, 5.74) is 1.20. The Morgan fingerprint density at radius 1 is 0.850 bits per heavy atom. The molecule has 0 amide bonds. The van der Waals surface area contributed by atoms with Gasteiger partial charge in [-0.05, 0) is 36.4 Å². The molecule has 0 aliphatic carbocycles. The maximum absolute atomic E-state index is 12.5. The van der Waals surface area contributed by atoms with E-state index in [2.05, 4.69) is 31.9 Å². The van der Waals surface area contributed by atoms with Crippen LogP contribution in [0, 0.1) is 0 Å². The molecule has 0 unspecified atom stereocenters. The van der Waals surface area contributed by atoms with Crippen LogP contribution in [0.2, 0.25) is 0 Å². The molecule has 0 radical (unpaired) electrons. The van der Waals surface area contributed by atoms with Crippen molar-refractivity contribution in [3.05, 3.63) is 56.5 Å².